The average molecular weight is 188 g/mol. The molecule has 0 aliphatic carbocycles. The molecule has 0 fully saturated rings. The summed E-state index contributed by atoms with van der Waals surface area (Å²) in [5.74, 6) is 0.250. The van der Waals surface area contributed by atoms with Gasteiger partial charge in [-0.25, -0.2) is 0 Å². The topological polar surface area (TPSA) is 0 Å². The normalized spacial score (nSPS) is 14.4. The lowest BCUT2D eigenvalue weighted by atomic mass is 9.92. The van der Waals surface area contributed by atoms with E-state index < -0.39 is 6.98 Å². The Morgan fingerprint density at radius 2 is 1.88 bits per heavy atom. The minimum absolute atomic E-state index is 0.116. The Hall–Kier alpha value is 0.0749. The van der Waals surface area contributed by atoms with Gasteiger partial charge in [-0.05, 0) is 11.4 Å². The highest BCUT2D eigenvalue weighted by atomic mass is 79.9. The van der Waals surface area contributed by atoms with E-state index in [2.05, 4.69) is 15.9 Å². The molecule has 0 rings (SSSR count). The van der Waals surface area contributed by atoms with Crippen LogP contribution in [0.2, 0.25) is 0 Å². The molecule has 0 bridgehead atoms. The molecule has 0 unspecified atom stereocenters. The van der Waals surface area contributed by atoms with Gasteiger partial charge in [-0.2, -0.15) is 0 Å². The molecular weight excluding hydrogens is 184 g/mol. The van der Waals surface area contributed by atoms with Crippen molar-refractivity contribution < 1.29 is 12.9 Å². The molecule has 0 nitrogen and oxygen atoms in total. The van der Waals surface area contributed by atoms with Crippen LogP contribution < -0.4 is 0 Å². The molecular formula is C3H4BBrF3-. The van der Waals surface area contributed by atoms with Crippen molar-refractivity contribution in [2.75, 3.05) is 0 Å². The number of rotatable bonds is 1. The summed E-state index contributed by atoms with van der Waals surface area (Å²) in [4.78, 5) is 0. The highest BCUT2D eigenvalue weighted by Gasteiger charge is 2.17. The Morgan fingerprint density at radius 1 is 1.50 bits per heavy atom. The molecule has 0 aromatic carbocycles. The summed E-state index contributed by atoms with van der Waals surface area (Å²) in [7, 11) is 0. The van der Waals surface area contributed by atoms with Crippen LogP contribution in [-0.4, -0.2) is 6.98 Å². The molecule has 5 heteroatoms. The van der Waals surface area contributed by atoms with Crippen LogP contribution in [0.3, 0.4) is 0 Å². The van der Waals surface area contributed by atoms with Crippen molar-refractivity contribution in [2.24, 2.45) is 0 Å². The van der Waals surface area contributed by atoms with Gasteiger partial charge in [-0.1, -0.05) is 15.9 Å². The predicted molar refractivity (Wildman–Crippen MR) is 31.8 cm³/mol. The second kappa shape index (κ2) is 2.57. The Morgan fingerprint density at radius 3 is 1.88 bits per heavy atom. The second-order valence-corrected chi connectivity index (χ2v) is 2.63. The van der Waals surface area contributed by atoms with Gasteiger partial charge in [0.2, 0.25) is 0 Å². The smallest absolute Gasteiger partial charge is 0.445 e. The number of hydrogen-bond acceptors (Lipinski definition) is 0. The molecule has 0 radical (unpaired) electrons. The molecule has 48 valence electrons. The van der Waals surface area contributed by atoms with Crippen molar-refractivity contribution in [2.45, 2.75) is 6.92 Å². The molecule has 0 spiro atoms. The van der Waals surface area contributed by atoms with Crippen LogP contribution in [-0.2, 0) is 0 Å². The second-order valence-electron chi connectivity index (χ2n) is 1.38. The van der Waals surface area contributed by atoms with Gasteiger partial charge in [-0.3, -0.25) is 0 Å². The fourth-order valence-corrected chi connectivity index (χ4v) is 0.560. The number of allylic oxidation sites excluding steroid dienone is 1. The van der Waals surface area contributed by atoms with E-state index in [9.17, 15) is 12.9 Å². The molecule has 0 saturated carbocycles. The van der Waals surface area contributed by atoms with Crippen molar-refractivity contribution in [1.29, 1.82) is 0 Å². The zero-order valence-electron chi connectivity index (χ0n) is 4.17. The molecule has 0 aromatic rings. The third-order valence-corrected chi connectivity index (χ3v) is 0.683. The molecule has 0 amide bonds. The first-order valence-electron chi connectivity index (χ1n) is 1.97. The minimum Gasteiger partial charge on any atom is -0.445 e. The minimum atomic E-state index is -4.75. The Labute approximate surface area is 53.9 Å². The van der Waals surface area contributed by atoms with Gasteiger partial charge in [0.25, 0.3) is 0 Å². The van der Waals surface area contributed by atoms with E-state index in [1.165, 1.54) is 6.92 Å². The van der Waals surface area contributed by atoms with E-state index in [1.54, 1.807) is 0 Å². The Balaban J connectivity index is 3.89. The van der Waals surface area contributed by atoms with Gasteiger partial charge < -0.3 is 12.9 Å². The van der Waals surface area contributed by atoms with E-state index in [1.807, 2.05) is 0 Å². The largest absolute Gasteiger partial charge is 0.503 e. The summed E-state index contributed by atoms with van der Waals surface area (Å²) in [6.07, 6.45) is 0. The molecule has 8 heavy (non-hydrogen) atoms. The summed E-state index contributed by atoms with van der Waals surface area (Å²) in [5.41, 5.74) is 0. The predicted octanol–water partition coefficient (Wildman–Crippen LogP) is 2.67. The first kappa shape index (κ1) is 8.07. The molecule has 0 aliphatic rings. The Bertz CT molecular complexity index is 102. The number of halogens is 4. The molecule has 0 saturated heterocycles. The lowest BCUT2D eigenvalue weighted by molar-refractivity contribution is 0.498. The van der Waals surface area contributed by atoms with Crippen molar-refractivity contribution >= 4 is 22.9 Å². The van der Waals surface area contributed by atoms with E-state index in [0.29, 0.717) is 0 Å². The van der Waals surface area contributed by atoms with Crippen LogP contribution in [0, 0.1) is 0 Å². The lowest BCUT2D eigenvalue weighted by Crippen LogP contribution is -2.10. The molecule has 0 heterocycles. The van der Waals surface area contributed by atoms with Crippen molar-refractivity contribution in [3.63, 3.8) is 0 Å². The van der Waals surface area contributed by atoms with E-state index >= 15 is 0 Å². The molecule has 0 aliphatic heterocycles. The van der Waals surface area contributed by atoms with Gasteiger partial charge >= 0.3 is 6.98 Å². The summed E-state index contributed by atoms with van der Waals surface area (Å²) in [6.45, 7) is -3.40. The van der Waals surface area contributed by atoms with Crippen molar-refractivity contribution in [1.82, 2.24) is 0 Å². The molecule has 0 N–H and O–H groups in total. The van der Waals surface area contributed by atoms with Gasteiger partial charge in [0.05, 0.1) is 0 Å². The van der Waals surface area contributed by atoms with Gasteiger partial charge in [0.15, 0.2) is 0 Å². The zero-order chi connectivity index (χ0) is 6.78. The van der Waals surface area contributed by atoms with Crippen LogP contribution in [0.5, 0.6) is 0 Å². The van der Waals surface area contributed by atoms with Crippen molar-refractivity contribution in [3.05, 3.63) is 10.5 Å². The summed E-state index contributed by atoms with van der Waals surface area (Å²) >= 11 is 2.67. The maximum atomic E-state index is 11.3. The van der Waals surface area contributed by atoms with Crippen LogP contribution in [0.1, 0.15) is 6.92 Å². The monoisotopic (exact) mass is 187 g/mol. The first-order valence-corrected chi connectivity index (χ1v) is 2.76. The highest BCUT2D eigenvalue weighted by Crippen LogP contribution is 2.15. The summed E-state index contributed by atoms with van der Waals surface area (Å²) in [6, 6.07) is 0. The molecule has 0 atom stereocenters. The third-order valence-electron chi connectivity index (χ3n) is 0.419. The van der Waals surface area contributed by atoms with Crippen LogP contribution >= 0.6 is 15.9 Å². The van der Waals surface area contributed by atoms with Crippen molar-refractivity contribution in [3.8, 4) is 0 Å². The van der Waals surface area contributed by atoms with Gasteiger partial charge in [-0.15, -0.1) is 5.98 Å². The maximum Gasteiger partial charge on any atom is 0.503 e. The molecule has 0 aromatic heterocycles. The third kappa shape index (κ3) is 6.07. The maximum absolute atomic E-state index is 11.3. The van der Waals surface area contributed by atoms with Gasteiger partial charge in [0.1, 0.15) is 0 Å². The van der Waals surface area contributed by atoms with Crippen LogP contribution in [0.15, 0.2) is 10.5 Å². The SMILES string of the molecule is C/C(Br)=C\[B-](F)(F)F. The fraction of sp³-hybridized carbons (Fsp3) is 0.333. The number of hydrogen-bond donors (Lipinski definition) is 0. The van der Waals surface area contributed by atoms with E-state index in [0.717, 1.165) is 0 Å². The standard InChI is InChI=1S/C3H4BBrF3/c1-3(5)2-4(6,7)8/h2H,1H3/q-1/b3-2+. The summed E-state index contributed by atoms with van der Waals surface area (Å²) in [5, 5.41) is 0. The fourth-order valence-electron chi connectivity index (χ4n) is 0.260. The summed E-state index contributed by atoms with van der Waals surface area (Å²) < 4.78 is 33.9. The quantitative estimate of drug-likeness (QED) is 0.554. The highest BCUT2D eigenvalue weighted by molar-refractivity contribution is 9.11. The lowest BCUT2D eigenvalue weighted by Gasteiger charge is -2.06. The van der Waals surface area contributed by atoms with E-state index in [4.69, 9.17) is 0 Å². The first-order chi connectivity index (χ1) is 3.42. The van der Waals surface area contributed by atoms with E-state index in [-0.39, 0.29) is 10.5 Å². The van der Waals surface area contributed by atoms with Gasteiger partial charge in [0, 0.05) is 0 Å². The zero-order valence-corrected chi connectivity index (χ0v) is 5.75. The van der Waals surface area contributed by atoms with Crippen LogP contribution in [0.25, 0.3) is 0 Å². The average Bonchev–Trinajstić information content (AvgIpc) is 1.21. The van der Waals surface area contributed by atoms with Crippen LogP contribution in [0.4, 0.5) is 12.9 Å². The Kier molecular flexibility index (Phi) is 2.60.